The highest BCUT2D eigenvalue weighted by Gasteiger charge is 2.11. The zero-order valence-electron chi connectivity index (χ0n) is 12.3. The molecule has 0 amide bonds. The van der Waals surface area contributed by atoms with Gasteiger partial charge in [0.1, 0.15) is 5.82 Å². The van der Waals surface area contributed by atoms with Crippen LogP contribution in [0.4, 0.5) is 4.39 Å². The van der Waals surface area contributed by atoms with Crippen LogP contribution in [0.1, 0.15) is 21.6 Å². The fourth-order valence-corrected chi connectivity index (χ4v) is 2.43. The van der Waals surface area contributed by atoms with E-state index in [1.807, 2.05) is 0 Å². The number of ether oxygens (including phenoxy) is 1. The second-order valence-corrected chi connectivity index (χ2v) is 5.63. The van der Waals surface area contributed by atoms with Crippen molar-refractivity contribution in [2.45, 2.75) is 13.1 Å². The zero-order chi connectivity index (χ0) is 16.8. The molecule has 8 heteroatoms. The van der Waals surface area contributed by atoms with E-state index in [1.54, 1.807) is 6.07 Å². The number of hydrogen-bond acceptors (Lipinski definition) is 5. The number of hydrogen-bond donors (Lipinski definition) is 0. The third-order valence-electron chi connectivity index (χ3n) is 3.04. The summed E-state index contributed by atoms with van der Waals surface area (Å²) >= 11 is -2.50. The number of nitrogens with zero attached hydrogens (tertiary/aromatic N) is 2. The quantitative estimate of drug-likeness (QED) is 0.593. The molecule has 1 unspecified atom stereocenters. The van der Waals surface area contributed by atoms with Gasteiger partial charge in [-0.15, -0.1) is 0 Å². The van der Waals surface area contributed by atoms with Crippen LogP contribution in [0.5, 0.6) is 0 Å². The van der Waals surface area contributed by atoms with Crippen molar-refractivity contribution in [3.05, 3.63) is 65.2 Å². The Bertz CT molecular complexity index is 709. The Labute approximate surface area is 135 Å². The van der Waals surface area contributed by atoms with E-state index in [9.17, 15) is 17.9 Å². The molecule has 0 aliphatic carbocycles. The fraction of sp³-hybridized carbons (Fsp3) is 0.200. The summed E-state index contributed by atoms with van der Waals surface area (Å²) in [4.78, 5) is 15.4. The summed E-state index contributed by atoms with van der Waals surface area (Å²) in [7, 11) is 1.26. The molecule has 122 valence electrons. The molecule has 2 aromatic rings. The number of benzene rings is 1. The SMILES string of the molecule is COC(=O)c1ccc(CN(Cc2cccc(F)c2)S(=O)[O-])nc1. The minimum Gasteiger partial charge on any atom is -0.760 e. The van der Waals surface area contributed by atoms with E-state index in [4.69, 9.17) is 0 Å². The van der Waals surface area contributed by atoms with Gasteiger partial charge in [-0.2, -0.15) is 0 Å². The highest BCUT2D eigenvalue weighted by molar-refractivity contribution is 7.76. The summed E-state index contributed by atoms with van der Waals surface area (Å²) in [5.74, 6) is -0.951. The van der Waals surface area contributed by atoms with Crippen molar-refractivity contribution >= 4 is 17.2 Å². The van der Waals surface area contributed by atoms with Gasteiger partial charge in [-0.25, -0.2) is 13.5 Å². The van der Waals surface area contributed by atoms with Gasteiger partial charge in [0, 0.05) is 24.0 Å². The summed E-state index contributed by atoms with van der Waals surface area (Å²) in [6, 6.07) is 8.75. The smallest absolute Gasteiger partial charge is 0.339 e. The molecule has 0 aliphatic heterocycles. The molecule has 23 heavy (non-hydrogen) atoms. The van der Waals surface area contributed by atoms with E-state index in [0.29, 0.717) is 11.3 Å². The lowest BCUT2D eigenvalue weighted by molar-refractivity contribution is 0.0600. The van der Waals surface area contributed by atoms with Crippen LogP contribution >= 0.6 is 0 Å². The van der Waals surface area contributed by atoms with Crippen LogP contribution < -0.4 is 0 Å². The first-order chi connectivity index (χ1) is 11.0. The minimum atomic E-state index is -2.50. The van der Waals surface area contributed by atoms with E-state index < -0.39 is 23.1 Å². The zero-order valence-corrected chi connectivity index (χ0v) is 13.1. The van der Waals surface area contributed by atoms with Gasteiger partial charge in [0.05, 0.1) is 24.9 Å². The molecule has 0 saturated heterocycles. The first-order valence-electron chi connectivity index (χ1n) is 6.61. The highest BCUT2D eigenvalue weighted by atomic mass is 32.2. The Morgan fingerprint density at radius 1 is 1.35 bits per heavy atom. The molecule has 1 aromatic carbocycles. The van der Waals surface area contributed by atoms with Gasteiger partial charge in [0.25, 0.3) is 0 Å². The third kappa shape index (κ3) is 4.92. The number of esters is 1. The van der Waals surface area contributed by atoms with Crippen molar-refractivity contribution in [3.8, 4) is 0 Å². The lowest BCUT2D eigenvalue weighted by Gasteiger charge is -2.24. The maximum Gasteiger partial charge on any atom is 0.339 e. The van der Waals surface area contributed by atoms with Crippen LogP contribution in [0.3, 0.4) is 0 Å². The number of aromatic nitrogens is 1. The van der Waals surface area contributed by atoms with Crippen LogP contribution in [-0.4, -0.2) is 31.1 Å². The van der Waals surface area contributed by atoms with Crippen LogP contribution in [0.2, 0.25) is 0 Å². The van der Waals surface area contributed by atoms with Gasteiger partial charge in [0.15, 0.2) is 0 Å². The monoisotopic (exact) mass is 337 g/mol. The standard InChI is InChI=1S/C15H15FN2O4S/c1-22-15(19)12-5-6-14(17-8-12)10-18(23(20)21)9-11-3-2-4-13(16)7-11/h2-8H,9-10H2,1H3,(H,20,21)/p-1. The first kappa shape index (κ1) is 17.2. The van der Waals surface area contributed by atoms with Crippen molar-refractivity contribution in [2.24, 2.45) is 0 Å². The Balaban J connectivity index is 2.10. The maximum absolute atomic E-state index is 13.2. The molecule has 0 N–H and O–H groups in total. The second-order valence-electron chi connectivity index (χ2n) is 4.67. The second kappa shape index (κ2) is 7.91. The molecular formula is C15H14FN2O4S-. The third-order valence-corrected chi connectivity index (χ3v) is 3.72. The van der Waals surface area contributed by atoms with E-state index in [1.165, 1.54) is 43.6 Å². The maximum atomic E-state index is 13.2. The number of rotatable bonds is 6. The Hall–Kier alpha value is -2.16. The molecule has 0 fully saturated rings. The van der Waals surface area contributed by atoms with Crippen molar-refractivity contribution in [2.75, 3.05) is 7.11 Å². The molecule has 6 nitrogen and oxygen atoms in total. The molecule has 2 rings (SSSR count). The van der Waals surface area contributed by atoms with Crippen LogP contribution in [0.15, 0.2) is 42.6 Å². The van der Waals surface area contributed by atoms with Gasteiger partial charge in [0.2, 0.25) is 0 Å². The van der Waals surface area contributed by atoms with Crippen LogP contribution in [-0.2, 0) is 29.1 Å². The average Bonchev–Trinajstić information content (AvgIpc) is 2.54. The van der Waals surface area contributed by atoms with Crippen molar-refractivity contribution < 1.29 is 22.7 Å². The number of carbonyl (C=O) groups is 1. The molecule has 1 atom stereocenters. The average molecular weight is 337 g/mol. The summed E-state index contributed by atoms with van der Waals surface area (Å²) in [5, 5.41) is 0. The molecule has 1 aromatic heterocycles. The number of methoxy groups -OCH3 is 1. The number of halogens is 1. The van der Waals surface area contributed by atoms with E-state index >= 15 is 0 Å². The Morgan fingerprint density at radius 2 is 2.13 bits per heavy atom. The lowest BCUT2D eigenvalue weighted by Crippen LogP contribution is -2.25. The van der Waals surface area contributed by atoms with E-state index in [-0.39, 0.29) is 18.7 Å². The summed E-state index contributed by atoms with van der Waals surface area (Å²) < 4.78 is 41.5. The van der Waals surface area contributed by atoms with Crippen molar-refractivity contribution in [1.29, 1.82) is 0 Å². The molecule has 0 aliphatic rings. The van der Waals surface area contributed by atoms with E-state index in [2.05, 4.69) is 9.72 Å². The molecule has 1 heterocycles. The number of pyridine rings is 1. The van der Waals surface area contributed by atoms with Crippen molar-refractivity contribution in [1.82, 2.24) is 9.29 Å². The number of carbonyl (C=O) groups excluding carboxylic acids is 1. The van der Waals surface area contributed by atoms with Gasteiger partial charge in [-0.3, -0.25) is 9.19 Å². The van der Waals surface area contributed by atoms with Gasteiger partial charge >= 0.3 is 5.97 Å². The highest BCUT2D eigenvalue weighted by Crippen LogP contribution is 2.12. The van der Waals surface area contributed by atoms with Gasteiger partial charge in [-0.1, -0.05) is 12.1 Å². The lowest BCUT2D eigenvalue weighted by atomic mass is 10.2. The van der Waals surface area contributed by atoms with Gasteiger partial charge in [-0.05, 0) is 29.8 Å². The molecule has 0 spiro atoms. The largest absolute Gasteiger partial charge is 0.760 e. The normalized spacial score (nSPS) is 12.2. The van der Waals surface area contributed by atoms with Crippen LogP contribution in [0, 0.1) is 5.82 Å². The molecule has 0 bridgehead atoms. The summed E-state index contributed by atoms with van der Waals surface area (Å²) in [5.41, 5.74) is 1.26. The Kier molecular flexibility index (Phi) is 5.91. The van der Waals surface area contributed by atoms with Gasteiger partial charge < -0.3 is 9.29 Å². The molecule has 0 saturated carbocycles. The van der Waals surface area contributed by atoms with Crippen molar-refractivity contribution in [3.63, 3.8) is 0 Å². The summed E-state index contributed by atoms with van der Waals surface area (Å²) in [6.45, 7) is 0.0301. The van der Waals surface area contributed by atoms with Crippen LogP contribution in [0.25, 0.3) is 0 Å². The first-order valence-corrected chi connectivity index (χ1v) is 7.65. The fourth-order valence-electron chi connectivity index (χ4n) is 1.94. The molecular weight excluding hydrogens is 323 g/mol. The predicted molar refractivity (Wildman–Crippen MR) is 80.1 cm³/mol. The molecule has 0 radical (unpaired) electrons. The van der Waals surface area contributed by atoms with E-state index in [0.717, 1.165) is 4.31 Å². The minimum absolute atomic E-state index is 0.00801. The predicted octanol–water partition coefficient (Wildman–Crippen LogP) is 1.80. The Morgan fingerprint density at radius 3 is 2.70 bits per heavy atom. The summed E-state index contributed by atoms with van der Waals surface area (Å²) in [6.07, 6.45) is 1.31. The topological polar surface area (TPSA) is 82.6 Å².